The first-order chi connectivity index (χ1) is 4.97. The van der Waals surface area contributed by atoms with Gasteiger partial charge in [-0.15, -0.1) is 0 Å². The molecule has 51 valence electrons. The SMILES string of the molecule is [C]1=NC2CC=CCC2C=C1. The molecule has 1 radical (unpaired) electrons. The lowest BCUT2D eigenvalue weighted by molar-refractivity contribution is 0.491. The summed E-state index contributed by atoms with van der Waals surface area (Å²) in [4.78, 5) is 4.26. The normalized spacial score (nSPS) is 36.0. The maximum absolute atomic E-state index is 4.26. The molecule has 0 saturated carbocycles. The molecule has 1 heteroatoms. The molecular formula is C9H10N. The number of allylic oxidation sites excluding steroid dienone is 2. The Kier molecular flexibility index (Phi) is 1.42. The predicted molar refractivity (Wildman–Crippen MR) is 42.2 cm³/mol. The molecule has 2 rings (SSSR count). The Morgan fingerprint density at radius 1 is 1.30 bits per heavy atom. The van der Waals surface area contributed by atoms with Crippen LogP contribution in [0.25, 0.3) is 0 Å². The number of rotatable bonds is 0. The van der Waals surface area contributed by atoms with E-state index in [1.165, 1.54) is 0 Å². The zero-order valence-electron chi connectivity index (χ0n) is 5.83. The van der Waals surface area contributed by atoms with Crippen LogP contribution in [0.1, 0.15) is 12.8 Å². The van der Waals surface area contributed by atoms with E-state index in [0.29, 0.717) is 12.0 Å². The summed E-state index contributed by atoms with van der Waals surface area (Å²) in [5.74, 6) is 0.659. The first-order valence-corrected chi connectivity index (χ1v) is 3.74. The van der Waals surface area contributed by atoms with Gasteiger partial charge in [-0.1, -0.05) is 18.2 Å². The lowest BCUT2D eigenvalue weighted by Crippen LogP contribution is -2.20. The molecule has 1 nitrogen and oxygen atoms in total. The highest BCUT2D eigenvalue weighted by atomic mass is 14.8. The van der Waals surface area contributed by atoms with Gasteiger partial charge < -0.3 is 0 Å². The first-order valence-electron chi connectivity index (χ1n) is 3.74. The van der Waals surface area contributed by atoms with Gasteiger partial charge in [-0.3, -0.25) is 4.99 Å². The molecule has 1 aliphatic heterocycles. The van der Waals surface area contributed by atoms with Gasteiger partial charge in [0, 0.05) is 5.92 Å². The molecule has 0 bridgehead atoms. The van der Waals surface area contributed by atoms with E-state index in [1.807, 2.05) is 6.08 Å². The van der Waals surface area contributed by atoms with Gasteiger partial charge in [0.15, 0.2) is 0 Å². The van der Waals surface area contributed by atoms with Crippen molar-refractivity contribution in [1.82, 2.24) is 0 Å². The Hall–Kier alpha value is -0.850. The number of aliphatic imine (C=N–C) groups is 1. The maximum atomic E-state index is 4.26. The van der Waals surface area contributed by atoms with Crippen molar-refractivity contribution in [2.75, 3.05) is 0 Å². The average molecular weight is 132 g/mol. The molecule has 10 heavy (non-hydrogen) atoms. The molecule has 0 aromatic heterocycles. The molecule has 0 aromatic carbocycles. The Labute approximate surface area is 61.2 Å². The van der Waals surface area contributed by atoms with Crippen molar-refractivity contribution in [3.63, 3.8) is 0 Å². The van der Waals surface area contributed by atoms with Gasteiger partial charge >= 0.3 is 0 Å². The van der Waals surface area contributed by atoms with Crippen molar-refractivity contribution >= 4 is 6.21 Å². The Balaban J connectivity index is 2.19. The summed E-state index contributed by atoms with van der Waals surface area (Å²) in [6, 6.07) is 0.495. The van der Waals surface area contributed by atoms with Gasteiger partial charge in [-0.25, -0.2) is 0 Å². The van der Waals surface area contributed by atoms with Gasteiger partial charge in [-0.2, -0.15) is 0 Å². The Morgan fingerprint density at radius 3 is 3.10 bits per heavy atom. The van der Waals surface area contributed by atoms with Crippen molar-refractivity contribution in [2.24, 2.45) is 10.9 Å². The zero-order valence-corrected chi connectivity index (χ0v) is 5.83. The van der Waals surface area contributed by atoms with Crippen LogP contribution >= 0.6 is 0 Å². The highest BCUT2D eigenvalue weighted by Gasteiger charge is 2.19. The van der Waals surface area contributed by atoms with E-state index in [2.05, 4.69) is 29.4 Å². The molecular weight excluding hydrogens is 122 g/mol. The van der Waals surface area contributed by atoms with E-state index < -0.39 is 0 Å². The number of hydrogen-bond acceptors (Lipinski definition) is 1. The topological polar surface area (TPSA) is 12.4 Å². The minimum absolute atomic E-state index is 0.495. The molecule has 1 aliphatic carbocycles. The molecule has 0 spiro atoms. The predicted octanol–water partition coefficient (Wildman–Crippen LogP) is 1.84. The second-order valence-corrected chi connectivity index (χ2v) is 2.79. The van der Waals surface area contributed by atoms with Crippen LogP contribution in [-0.4, -0.2) is 12.3 Å². The molecule has 0 fully saturated rings. The van der Waals surface area contributed by atoms with Crippen LogP contribution in [-0.2, 0) is 0 Å². The van der Waals surface area contributed by atoms with E-state index in [1.54, 1.807) is 0 Å². The lowest BCUT2D eigenvalue weighted by Gasteiger charge is -2.23. The minimum atomic E-state index is 0.495. The summed E-state index contributed by atoms with van der Waals surface area (Å²) in [5, 5.41) is 0. The van der Waals surface area contributed by atoms with Crippen molar-refractivity contribution < 1.29 is 0 Å². The highest BCUT2D eigenvalue weighted by molar-refractivity contribution is 5.72. The largest absolute Gasteiger partial charge is 0.279 e. The van der Waals surface area contributed by atoms with Crippen molar-refractivity contribution in [3.05, 3.63) is 24.3 Å². The van der Waals surface area contributed by atoms with E-state index in [9.17, 15) is 0 Å². The van der Waals surface area contributed by atoms with E-state index >= 15 is 0 Å². The summed E-state index contributed by atoms with van der Waals surface area (Å²) in [6.45, 7) is 0. The van der Waals surface area contributed by atoms with Crippen LogP contribution in [0.4, 0.5) is 0 Å². The van der Waals surface area contributed by atoms with Crippen molar-refractivity contribution in [3.8, 4) is 0 Å². The van der Waals surface area contributed by atoms with E-state index in [-0.39, 0.29) is 0 Å². The molecule has 2 aliphatic rings. The lowest BCUT2D eigenvalue weighted by atomic mass is 9.88. The van der Waals surface area contributed by atoms with E-state index in [0.717, 1.165) is 12.8 Å². The van der Waals surface area contributed by atoms with Crippen molar-refractivity contribution in [2.45, 2.75) is 18.9 Å². The third-order valence-corrected chi connectivity index (χ3v) is 2.11. The number of hydrogen-bond donors (Lipinski definition) is 0. The molecule has 0 saturated heterocycles. The second-order valence-electron chi connectivity index (χ2n) is 2.79. The fourth-order valence-electron chi connectivity index (χ4n) is 1.48. The second kappa shape index (κ2) is 2.41. The molecule has 0 amide bonds. The van der Waals surface area contributed by atoms with Gasteiger partial charge in [0.2, 0.25) is 0 Å². The number of fused-ring (bicyclic) bond motifs is 1. The van der Waals surface area contributed by atoms with E-state index in [4.69, 9.17) is 0 Å². The zero-order chi connectivity index (χ0) is 6.81. The first kappa shape index (κ1) is 5.90. The van der Waals surface area contributed by atoms with Gasteiger partial charge in [0.1, 0.15) is 0 Å². The molecule has 2 atom stereocenters. The Bertz CT molecular complexity index is 179. The minimum Gasteiger partial charge on any atom is -0.279 e. The summed E-state index contributed by atoms with van der Waals surface area (Å²) >= 11 is 0. The fourth-order valence-corrected chi connectivity index (χ4v) is 1.48. The van der Waals surface area contributed by atoms with Gasteiger partial charge in [0.25, 0.3) is 0 Å². The fraction of sp³-hybridized carbons (Fsp3) is 0.444. The van der Waals surface area contributed by atoms with Crippen LogP contribution in [0.3, 0.4) is 0 Å². The van der Waals surface area contributed by atoms with Crippen molar-refractivity contribution in [1.29, 1.82) is 0 Å². The van der Waals surface area contributed by atoms with Crippen LogP contribution in [0.15, 0.2) is 29.3 Å². The third kappa shape index (κ3) is 0.919. The number of dihydropyridines is 1. The molecule has 2 unspecified atom stereocenters. The molecule has 0 aromatic rings. The highest BCUT2D eigenvalue weighted by Crippen LogP contribution is 2.24. The Morgan fingerprint density at radius 2 is 2.20 bits per heavy atom. The quantitative estimate of drug-likeness (QED) is 0.446. The smallest absolute Gasteiger partial charge is 0.0827 e. The molecule has 0 N–H and O–H groups in total. The average Bonchev–Trinajstić information content (AvgIpc) is 2.05. The number of nitrogens with zero attached hydrogens (tertiary/aromatic N) is 1. The maximum Gasteiger partial charge on any atom is 0.0827 e. The summed E-state index contributed by atoms with van der Waals surface area (Å²) in [6.07, 6.45) is 13.7. The summed E-state index contributed by atoms with van der Waals surface area (Å²) in [5.41, 5.74) is 0. The van der Waals surface area contributed by atoms with Crippen LogP contribution in [0.2, 0.25) is 0 Å². The van der Waals surface area contributed by atoms with Crippen LogP contribution < -0.4 is 0 Å². The standard InChI is InChI=1S/C9H10N/c1-2-6-9-8(4-1)5-3-7-10-9/h1-3,5,8-9H,4,6H2. The van der Waals surface area contributed by atoms with Gasteiger partial charge in [-0.05, 0) is 18.9 Å². The van der Waals surface area contributed by atoms with Crippen LogP contribution in [0.5, 0.6) is 0 Å². The van der Waals surface area contributed by atoms with Gasteiger partial charge in [0.05, 0.1) is 12.3 Å². The van der Waals surface area contributed by atoms with Crippen LogP contribution in [0, 0.1) is 5.92 Å². The summed E-state index contributed by atoms with van der Waals surface area (Å²) in [7, 11) is 0. The summed E-state index contributed by atoms with van der Waals surface area (Å²) < 4.78 is 0. The monoisotopic (exact) mass is 132 g/mol. The third-order valence-electron chi connectivity index (χ3n) is 2.11. The molecule has 1 heterocycles.